The third-order valence-electron chi connectivity index (χ3n) is 2.64. The SMILES string of the molecule is O=C1CCC(CNC2C=CS(=O)(=O)C2)N1. The summed E-state index contributed by atoms with van der Waals surface area (Å²) in [4.78, 5) is 10.9. The Morgan fingerprint density at radius 1 is 1.53 bits per heavy atom. The number of carbonyl (C=O) groups is 1. The summed E-state index contributed by atoms with van der Waals surface area (Å²) >= 11 is 0. The van der Waals surface area contributed by atoms with Crippen molar-refractivity contribution >= 4 is 15.7 Å². The number of hydrogen-bond acceptors (Lipinski definition) is 4. The van der Waals surface area contributed by atoms with Gasteiger partial charge in [0.05, 0.1) is 5.75 Å². The van der Waals surface area contributed by atoms with Crippen LogP contribution in [-0.2, 0) is 14.6 Å². The van der Waals surface area contributed by atoms with Crippen LogP contribution in [0.4, 0.5) is 0 Å². The molecule has 84 valence electrons. The number of nitrogens with one attached hydrogen (secondary N) is 2. The maximum Gasteiger partial charge on any atom is 0.220 e. The molecule has 0 aromatic rings. The molecule has 0 aromatic heterocycles. The summed E-state index contributed by atoms with van der Waals surface area (Å²) in [6.45, 7) is 0.635. The minimum atomic E-state index is -2.98. The van der Waals surface area contributed by atoms with E-state index in [1.807, 2.05) is 0 Å². The monoisotopic (exact) mass is 230 g/mol. The highest BCUT2D eigenvalue weighted by molar-refractivity contribution is 7.94. The van der Waals surface area contributed by atoms with E-state index in [1.54, 1.807) is 6.08 Å². The molecule has 2 N–H and O–H groups in total. The molecule has 1 amide bonds. The number of sulfone groups is 1. The van der Waals surface area contributed by atoms with Gasteiger partial charge in [0.2, 0.25) is 5.91 Å². The molecule has 2 atom stereocenters. The maximum absolute atomic E-state index is 11.1. The molecule has 0 spiro atoms. The lowest BCUT2D eigenvalue weighted by atomic mass is 10.2. The molecule has 0 radical (unpaired) electrons. The minimum Gasteiger partial charge on any atom is -0.352 e. The highest BCUT2D eigenvalue weighted by Crippen LogP contribution is 2.09. The largest absolute Gasteiger partial charge is 0.352 e. The van der Waals surface area contributed by atoms with Crippen molar-refractivity contribution in [1.29, 1.82) is 0 Å². The third kappa shape index (κ3) is 2.79. The Hall–Kier alpha value is -0.880. The van der Waals surface area contributed by atoms with E-state index in [-0.39, 0.29) is 23.7 Å². The number of hydrogen-bond donors (Lipinski definition) is 2. The zero-order chi connectivity index (χ0) is 10.9. The summed E-state index contributed by atoms with van der Waals surface area (Å²) in [5.74, 6) is 0.213. The minimum absolute atomic E-state index is 0.0800. The highest BCUT2D eigenvalue weighted by atomic mass is 32.2. The molecule has 0 saturated carbocycles. The van der Waals surface area contributed by atoms with Crippen LogP contribution in [0.5, 0.6) is 0 Å². The molecule has 2 aliphatic heterocycles. The first-order valence-corrected chi connectivity index (χ1v) is 6.70. The average Bonchev–Trinajstić information content (AvgIpc) is 2.69. The molecule has 0 bridgehead atoms. The van der Waals surface area contributed by atoms with Crippen LogP contribution in [0.25, 0.3) is 0 Å². The standard InChI is InChI=1S/C9H14N2O3S/c12-9-2-1-7(11-9)5-10-8-3-4-15(13,14)6-8/h3-4,7-8,10H,1-2,5-6H2,(H,11,12). The first-order chi connectivity index (χ1) is 7.05. The van der Waals surface area contributed by atoms with Crippen LogP contribution in [0.2, 0.25) is 0 Å². The van der Waals surface area contributed by atoms with E-state index in [1.165, 1.54) is 5.41 Å². The molecule has 2 unspecified atom stereocenters. The lowest BCUT2D eigenvalue weighted by Gasteiger charge is -2.14. The Bertz CT molecular complexity index is 388. The normalized spacial score (nSPS) is 33.2. The van der Waals surface area contributed by atoms with Gasteiger partial charge in [0.1, 0.15) is 0 Å². The van der Waals surface area contributed by atoms with Gasteiger partial charge in [-0.05, 0) is 6.42 Å². The van der Waals surface area contributed by atoms with Crippen LogP contribution in [0, 0.1) is 0 Å². The predicted octanol–water partition coefficient (Wildman–Crippen LogP) is -0.835. The van der Waals surface area contributed by atoms with Gasteiger partial charge in [0, 0.05) is 30.5 Å². The van der Waals surface area contributed by atoms with Gasteiger partial charge in [-0.25, -0.2) is 8.42 Å². The lowest BCUT2D eigenvalue weighted by Crippen LogP contribution is -2.40. The average molecular weight is 230 g/mol. The van der Waals surface area contributed by atoms with Crippen LogP contribution in [-0.4, -0.2) is 38.7 Å². The molecule has 0 aliphatic carbocycles. The van der Waals surface area contributed by atoms with E-state index in [2.05, 4.69) is 10.6 Å². The molecule has 1 fully saturated rings. The quantitative estimate of drug-likeness (QED) is 0.663. The van der Waals surface area contributed by atoms with Crippen molar-refractivity contribution in [3.05, 3.63) is 11.5 Å². The van der Waals surface area contributed by atoms with Crippen LogP contribution in [0.3, 0.4) is 0 Å². The van der Waals surface area contributed by atoms with Gasteiger partial charge < -0.3 is 10.6 Å². The summed E-state index contributed by atoms with van der Waals surface area (Å²) < 4.78 is 22.2. The second kappa shape index (κ2) is 3.94. The number of rotatable bonds is 3. The zero-order valence-electron chi connectivity index (χ0n) is 8.27. The van der Waals surface area contributed by atoms with Gasteiger partial charge in [0.25, 0.3) is 0 Å². The topological polar surface area (TPSA) is 75.3 Å². The molecule has 5 nitrogen and oxygen atoms in total. The first kappa shape index (κ1) is 10.6. The van der Waals surface area contributed by atoms with E-state index < -0.39 is 9.84 Å². The van der Waals surface area contributed by atoms with Gasteiger partial charge in [-0.2, -0.15) is 0 Å². The Morgan fingerprint density at radius 2 is 2.33 bits per heavy atom. The van der Waals surface area contributed by atoms with E-state index in [9.17, 15) is 13.2 Å². The molecule has 2 rings (SSSR count). The summed E-state index contributed by atoms with van der Waals surface area (Å²) in [5.41, 5.74) is 0. The number of carbonyl (C=O) groups excluding carboxylic acids is 1. The molecule has 2 aliphatic rings. The molecule has 15 heavy (non-hydrogen) atoms. The fourth-order valence-electron chi connectivity index (χ4n) is 1.83. The van der Waals surface area contributed by atoms with Crippen molar-refractivity contribution < 1.29 is 13.2 Å². The Morgan fingerprint density at radius 3 is 2.87 bits per heavy atom. The van der Waals surface area contributed by atoms with Crippen molar-refractivity contribution in [3.63, 3.8) is 0 Å². The van der Waals surface area contributed by atoms with E-state index in [0.29, 0.717) is 13.0 Å². The zero-order valence-corrected chi connectivity index (χ0v) is 9.09. The highest BCUT2D eigenvalue weighted by Gasteiger charge is 2.24. The fraction of sp³-hybridized carbons (Fsp3) is 0.667. The molecular weight excluding hydrogens is 216 g/mol. The molecule has 6 heteroatoms. The molecule has 1 saturated heterocycles. The van der Waals surface area contributed by atoms with E-state index >= 15 is 0 Å². The van der Waals surface area contributed by atoms with Crippen molar-refractivity contribution in [1.82, 2.24) is 10.6 Å². The summed E-state index contributed by atoms with van der Waals surface area (Å²) in [6.07, 6.45) is 3.06. The summed E-state index contributed by atoms with van der Waals surface area (Å²) in [5, 5.41) is 7.19. The van der Waals surface area contributed by atoms with E-state index in [4.69, 9.17) is 0 Å². The van der Waals surface area contributed by atoms with E-state index in [0.717, 1.165) is 6.42 Å². The molecule has 0 aromatic carbocycles. The third-order valence-corrected chi connectivity index (χ3v) is 4.04. The summed E-state index contributed by atoms with van der Waals surface area (Å²) in [6, 6.07) is 0.0432. The van der Waals surface area contributed by atoms with Crippen LogP contribution < -0.4 is 10.6 Å². The van der Waals surface area contributed by atoms with Gasteiger partial charge in [0.15, 0.2) is 9.84 Å². The van der Waals surface area contributed by atoms with Gasteiger partial charge in [-0.3, -0.25) is 4.79 Å². The van der Waals surface area contributed by atoms with Gasteiger partial charge in [-0.15, -0.1) is 0 Å². The van der Waals surface area contributed by atoms with Crippen molar-refractivity contribution in [2.45, 2.75) is 24.9 Å². The molecule has 2 heterocycles. The molecular formula is C9H14N2O3S. The van der Waals surface area contributed by atoms with Crippen LogP contribution in [0.15, 0.2) is 11.5 Å². The van der Waals surface area contributed by atoms with Crippen LogP contribution >= 0.6 is 0 Å². The number of amides is 1. The smallest absolute Gasteiger partial charge is 0.220 e. The Kier molecular flexibility index (Phi) is 2.79. The Balaban J connectivity index is 1.76. The van der Waals surface area contributed by atoms with Crippen molar-refractivity contribution in [3.8, 4) is 0 Å². The predicted molar refractivity (Wildman–Crippen MR) is 55.9 cm³/mol. The summed E-state index contributed by atoms with van der Waals surface area (Å²) in [7, 11) is -2.98. The maximum atomic E-state index is 11.1. The fourth-order valence-corrected chi connectivity index (χ4v) is 3.10. The lowest BCUT2D eigenvalue weighted by molar-refractivity contribution is -0.119. The second-order valence-electron chi connectivity index (χ2n) is 3.98. The van der Waals surface area contributed by atoms with Crippen molar-refractivity contribution in [2.75, 3.05) is 12.3 Å². The Labute approximate surface area is 88.8 Å². The van der Waals surface area contributed by atoms with Crippen LogP contribution in [0.1, 0.15) is 12.8 Å². The van der Waals surface area contributed by atoms with Gasteiger partial charge in [-0.1, -0.05) is 6.08 Å². The first-order valence-electron chi connectivity index (χ1n) is 4.99. The van der Waals surface area contributed by atoms with Crippen molar-refractivity contribution in [2.24, 2.45) is 0 Å². The van der Waals surface area contributed by atoms with Gasteiger partial charge >= 0.3 is 0 Å². The second-order valence-corrected chi connectivity index (χ2v) is 5.91.